The Morgan fingerprint density at radius 3 is 2.22 bits per heavy atom. The van der Waals surface area contributed by atoms with Gasteiger partial charge < -0.3 is 14.7 Å². The molecule has 2 amide bonds. The van der Waals surface area contributed by atoms with Crippen LogP contribution in [-0.4, -0.2) is 65.3 Å². The van der Waals surface area contributed by atoms with Crippen LogP contribution in [0.4, 0.5) is 0 Å². The normalized spacial score (nSPS) is 26.9. The van der Waals surface area contributed by atoms with Gasteiger partial charge in [-0.3, -0.25) is 9.59 Å². The van der Waals surface area contributed by atoms with Crippen molar-refractivity contribution in [3.8, 4) is 0 Å². The third kappa shape index (κ3) is 4.09. The molecule has 4 aliphatic rings. The van der Waals surface area contributed by atoms with Crippen LogP contribution in [0.1, 0.15) is 82.2 Å². The van der Waals surface area contributed by atoms with Gasteiger partial charge in [0.05, 0.1) is 11.5 Å². The molecule has 5 heteroatoms. The quantitative estimate of drug-likeness (QED) is 0.642. The first kappa shape index (κ1) is 21.9. The summed E-state index contributed by atoms with van der Waals surface area (Å²) in [7, 11) is 0. The second kappa shape index (κ2) is 9.54. The number of hydrogen-bond acceptors (Lipinski definition) is 3. The molecule has 3 saturated heterocycles. The van der Waals surface area contributed by atoms with E-state index in [0.717, 1.165) is 58.4 Å². The fourth-order valence-corrected chi connectivity index (χ4v) is 6.84. The van der Waals surface area contributed by atoms with E-state index in [0.29, 0.717) is 18.2 Å². The molecular formula is C27H39N3O2. The monoisotopic (exact) mass is 437 g/mol. The molecule has 1 aliphatic carbocycles. The molecule has 1 spiro atoms. The maximum Gasteiger partial charge on any atom is 0.232 e. The van der Waals surface area contributed by atoms with Crippen molar-refractivity contribution in [3.63, 3.8) is 0 Å². The number of carbonyl (C=O) groups excluding carboxylic acids is 2. The molecule has 1 aromatic carbocycles. The Hall–Kier alpha value is -1.88. The molecule has 1 saturated carbocycles. The number of carbonyl (C=O) groups is 2. The number of β-lactam (4-membered cyclic amide) rings is 1. The van der Waals surface area contributed by atoms with Crippen LogP contribution in [0.25, 0.3) is 0 Å². The van der Waals surface area contributed by atoms with Crippen molar-refractivity contribution in [1.82, 2.24) is 14.7 Å². The van der Waals surface area contributed by atoms with Gasteiger partial charge in [-0.1, -0.05) is 56.0 Å². The summed E-state index contributed by atoms with van der Waals surface area (Å²) in [5.74, 6) is 0.688. The van der Waals surface area contributed by atoms with Crippen molar-refractivity contribution in [1.29, 1.82) is 0 Å². The molecule has 0 bridgehead atoms. The number of likely N-dealkylation sites (tertiary alicyclic amines) is 3. The molecule has 0 N–H and O–H groups in total. The third-order valence-corrected chi connectivity index (χ3v) is 8.62. The number of nitrogens with zero attached hydrogens (tertiary/aromatic N) is 3. The predicted molar refractivity (Wildman–Crippen MR) is 126 cm³/mol. The predicted octanol–water partition coefficient (Wildman–Crippen LogP) is 4.39. The zero-order chi connectivity index (χ0) is 22.0. The molecule has 3 heterocycles. The average molecular weight is 438 g/mol. The van der Waals surface area contributed by atoms with Crippen LogP contribution < -0.4 is 0 Å². The van der Waals surface area contributed by atoms with Gasteiger partial charge in [0.1, 0.15) is 0 Å². The van der Waals surface area contributed by atoms with Crippen LogP contribution in [-0.2, 0) is 9.59 Å². The van der Waals surface area contributed by atoms with Crippen LogP contribution in [0.15, 0.2) is 30.3 Å². The second-order valence-electron chi connectivity index (χ2n) is 10.5. The summed E-state index contributed by atoms with van der Waals surface area (Å²) >= 11 is 0. The SMILES string of the molecule is O=C(CCN1CCCCC1)N1CCC(N2C(=O)C3(CCCCC3)C2c2ccccc2)CC1. The van der Waals surface area contributed by atoms with Crippen molar-refractivity contribution in [2.75, 3.05) is 32.7 Å². The summed E-state index contributed by atoms with van der Waals surface area (Å²) in [5.41, 5.74) is 1.13. The van der Waals surface area contributed by atoms with E-state index in [4.69, 9.17) is 0 Å². The van der Waals surface area contributed by atoms with E-state index < -0.39 is 0 Å². The van der Waals surface area contributed by atoms with Gasteiger partial charge in [0.25, 0.3) is 0 Å². The largest absolute Gasteiger partial charge is 0.343 e. The van der Waals surface area contributed by atoms with E-state index >= 15 is 0 Å². The lowest BCUT2D eigenvalue weighted by molar-refractivity contribution is -0.186. The lowest BCUT2D eigenvalue weighted by Gasteiger charge is -2.61. The molecular weight excluding hydrogens is 398 g/mol. The Kier molecular flexibility index (Phi) is 6.54. The van der Waals surface area contributed by atoms with Crippen LogP contribution in [0.5, 0.6) is 0 Å². The summed E-state index contributed by atoms with van der Waals surface area (Å²) in [6.07, 6.45) is 12.0. The number of hydrogen-bond donors (Lipinski definition) is 0. The maximum atomic E-state index is 13.6. The zero-order valence-electron chi connectivity index (χ0n) is 19.5. The molecule has 1 atom stereocenters. The second-order valence-corrected chi connectivity index (χ2v) is 10.5. The Labute approximate surface area is 193 Å². The minimum atomic E-state index is -0.166. The minimum absolute atomic E-state index is 0.166. The average Bonchev–Trinajstić information content (AvgIpc) is 2.87. The van der Waals surface area contributed by atoms with E-state index in [9.17, 15) is 9.59 Å². The zero-order valence-corrected chi connectivity index (χ0v) is 19.5. The molecule has 1 aromatic rings. The summed E-state index contributed by atoms with van der Waals surface area (Å²) in [6, 6.07) is 11.2. The van der Waals surface area contributed by atoms with E-state index in [2.05, 4.69) is 45.0 Å². The summed E-state index contributed by atoms with van der Waals surface area (Å²) in [4.78, 5) is 33.1. The van der Waals surface area contributed by atoms with Gasteiger partial charge >= 0.3 is 0 Å². The highest BCUT2D eigenvalue weighted by atomic mass is 16.2. The molecule has 32 heavy (non-hydrogen) atoms. The van der Waals surface area contributed by atoms with Crippen LogP contribution in [0.3, 0.4) is 0 Å². The summed E-state index contributed by atoms with van der Waals surface area (Å²) < 4.78 is 0. The molecule has 4 fully saturated rings. The lowest BCUT2D eigenvalue weighted by Crippen LogP contribution is -2.67. The molecule has 5 rings (SSSR count). The molecule has 0 radical (unpaired) electrons. The highest BCUT2D eigenvalue weighted by Crippen LogP contribution is 2.59. The van der Waals surface area contributed by atoms with Crippen LogP contribution in [0, 0.1) is 5.41 Å². The van der Waals surface area contributed by atoms with Crippen LogP contribution in [0.2, 0.25) is 0 Å². The Balaban J connectivity index is 1.20. The van der Waals surface area contributed by atoms with Crippen molar-refractivity contribution >= 4 is 11.8 Å². The first-order valence-electron chi connectivity index (χ1n) is 13.1. The van der Waals surface area contributed by atoms with Gasteiger partial charge in [0, 0.05) is 32.1 Å². The number of rotatable bonds is 5. The highest BCUT2D eigenvalue weighted by molar-refractivity contribution is 5.91. The highest BCUT2D eigenvalue weighted by Gasteiger charge is 2.62. The van der Waals surface area contributed by atoms with Gasteiger partial charge in [-0.2, -0.15) is 0 Å². The van der Waals surface area contributed by atoms with Crippen molar-refractivity contribution in [2.45, 2.75) is 82.7 Å². The molecule has 5 nitrogen and oxygen atoms in total. The van der Waals surface area contributed by atoms with Crippen molar-refractivity contribution in [2.24, 2.45) is 5.41 Å². The van der Waals surface area contributed by atoms with Gasteiger partial charge in [0.15, 0.2) is 0 Å². The van der Waals surface area contributed by atoms with Crippen molar-refractivity contribution < 1.29 is 9.59 Å². The first-order valence-corrected chi connectivity index (χ1v) is 13.1. The van der Waals surface area contributed by atoms with Gasteiger partial charge in [-0.25, -0.2) is 0 Å². The smallest absolute Gasteiger partial charge is 0.232 e. The molecule has 1 unspecified atom stereocenters. The molecule has 0 aromatic heterocycles. The lowest BCUT2D eigenvalue weighted by atomic mass is 9.59. The van der Waals surface area contributed by atoms with Gasteiger partial charge in [-0.15, -0.1) is 0 Å². The first-order chi connectivity index (χ1) is 15.7. The maximum absolute atomic E-state index is 13.6. The Morgan fingerprint density at radius 1 is 0.875 bits per heavy atom. The van der Waals surface area contributed by atoms with E-state index in [1.54, 1.807) is 0 Å². The van der Waals surface area contributed by atoms with E-state index in [1.807, 2.05) is 0 Å². The number of piperidine rings is 2. The van der Waals surface area contributed by atoms with Crippen LogP contribution >= 0.6 is 0 Å². The number of benzene rings is 1. The number of amides is 2. The standard InChI is InChI=1S/C27H39N3O2/c31-24(14-19-28-17-8-3-9-18-28)29-20-12-23(13-21-29)30-25(22-10-4-1-5-11-22)27(26(30)32)15-6-2-7-16-27/h1,4-5,10-11,23,25H,2-3,6-9,12-21H2. The molecule has 174 valence electrons. The van der Waals surface area contributed by atoms with E-state index in [1.165, 1.54) is 44.1 Å². The minimum Gasteiger partial charge on any atom is -0.343 e. The van der Waals surface area contributed by atoms with Crippen molar-refractivity contribution in [3.05, 3.63) is 35.9 Å². The summed E-state index contributed by atoms with van der Waals surface area (Å²) in [6.45, 7) is 4.79. The topological polar surface area (TPSA) is 43.9 Å². The summed E-state index contributed by atoms with van der Waals surface area (Å²) in [5, 5.41) is 0. The Morgan fingerprint density at radius 2 is 1.53 bits per heavy atom. The Bertz CT molecular complexity index is 790. The fraction of sp³-hybridized carbons (Fsp3) is 0.704. The van der Waals surface area contributed by atoms with Gasteiger partial charge in [0.2, 0.25) is 11.8 Å². The fourth-order valence-electron chi connectivity index (χ4n) is 6.84. The van der Waals surface area contributed by atoms with Gasteiger partial charge in [-0.05, 0) is 57.2 Å². The van der Waals surface area contributed by atoms with E-state index in [-0.39, 0.29) is 17.5 Å². The third-order valence-electron chi connectivity index (χ3n) is 8.62. The molecule has 3 aliphatic heterocycles.